The summed E-state index contributed by atoms with van der Waals surface area (Å²) in [5, 5.41) is 8.18. The molecule has 2 atom stereocenters. The maximum Gasteiger partial charge on any atom is 0.164 e. The largest absolute Gasteiger partial charge is 0.457 e. The maximum atomic E-state index is 6.76. The number of para-hydroxylation sites is 1. The first-order valence-corrected chi connectivity index (χ1v) is 23.9. The van der Waals surface area contributed by atoms with Gasteiger partial charge in [0.1, 0.15) is 11.5 Å². The fourth-order valence-corrected chi connectivity index (χ4v) is 12.2. The summed E-state index contributed by atoms with van der Waals surface area (Å²) in [7, 11) is 0. The van der Waals surface area contributed by atoms with Crippen LogP contribution in [-0.4, -0.2) is 25.1 Å². The fourth-order valence-electron chi connectivity index (χ4n) is 12.2. The Morgan fingerprint density at radius 1 is 0.314 bits per heavy atom. The van der Waals surface area contributed by atoms with Crippen molar-refractivity contribution < 1.29 is 4.74 Å². The minimum Gasteiger partial charge on any atom is -0.457 e. The van der Waals surface area contributed by atoms with Gasteiger partial charge < -0.3 is 4.74 Å². The molecule has 6 heteroatoms. The molecule has 0 amide bonds. The second-order valence-electron chi connectivity index (χ2n) is 18.7. The summed E-state index contributed by atoms with van der Waals surface area (Å²) in [6.07, 6.45) is 3.61. The third-order valence-electron chi connectivity index (χ3n) is 15.2. The van der Waals surface area contributed by atoms with Crippen molar-refractivity contribution in [2.24, 2.45) is 0 Å². The number of rotatable bonds is 5. The summed E-state index contributed by atoms with van der Waals surface area (Å²) in [5.74, 6) is 3.80. The lowest BCUT2D eigenvalue weighted by Gasteiger charge is -2.42. The van der Waals surface area contributed by atoms with Crippen LogP contribution < -0.4 is 4.74 Å². The number of benzene rings is 9. The molecule has 1 spiro atoms. The Morgan fingerprint density at radius 2 is 0.800 bits per heavy atom. The van der Waals surface area contributed by atoms with Crippen molar-refractivity contribution in [1.29, 1.82) is 0 Å². The highest BCUT2D eigenvalue weighted by Gasteiger charge is 2.51. The highest BCUT2D eigenvalue weighted by molar-refractivity contribution is 5.89. The topological polar surface area (TPSA) is 73.7 Å². The van der Waals surface area contributed by atoms with Crippen LogP contribution in [0.2, 0.25) is 0 Å². The number of hydrogen-bond acceptors (Lipinski definition) is 6. The predicted octanol–water partition coefficient (Wildman–Crippen LogP) is 14.5. The van der Waals surface area contributed by atoms with Crippen LogP contribution in [0.25, 0.3) is 67.5 Å². The molecule has 9 aromatic carbocycles. The van der Waals surface area contributed by atoms with E-state index in [1.54, 1.807) is 6.20 Å². The van der Waals surface area contributed by atoms with Crippen molar-refractivity contribution in [3.05, 3.63) is 280 Å². The summed E-state index contributed by atoms with van der Waals surface area (Å²) in [5.41, 5.74) is 22.1. The van der Waals surface area contributed by atoms with Crippen LogP contribution in [0.4, 0.5) is 0 Å². The summed E-state index contributed by atoms with van der Waals surface area (Å²) >= 11 is 0. The fraction of sp³-hybridized carbons (Fsp3) is 0.0469. The molecule has 3 heterocycles. The molecule has 0 fully saturated rings. The molecule has 0 saturated carbocycles. The lowest BCUT2D eigenvalue weighted by atomic mass is 9.60. The summed E-state index contributed by atoms with van der Waals surface area (Å²) in [6.45, 7) is 0. The van der Waals surface area contributed by atoms with Crippen LogP contribution in [0, 0.1) is 0 Å². The molecule has 2 bridgehead atoms. The van der Waals surface area contributed by atoms with E-state index in [1.807, 2.05) is 30.5 Å². The molecule has 0 radical (unpaired) electrons. The molecule has 2 aromatic heterocycles. The van der Waals surface area contributed by atoms with Gasteiger partial charge in [-0.15, -0.1) is 0 Å². The Bertz CT molecular complexity index is 3900. The molecule has 4 aliphatic carbocycles. The van der Waals surface area contributed by atoms with E-state index in [0.29, 0.717) is 17.5 Å². The van der Waals surface area contributed by atoms with Gasteiger partial charge in [0.15, 0.2) is 17.5 Å². The molecule has 11 aromatic rings. The smallest absolute Gasteiger partial charge is 0.164 e. The highest BCUT2D eigenvalue weighted by atomic mass is 16.5. The van der Waals surface area contributed by atoms with Gasteiger partial charge >= 0.3 is 0 Å². The summed E-state index contributed by atoms with van der Waals surface area (Å²) in [4.78, 5) is 15.6. The number of fused-ring (bicyclic) bond motifs is 9. The average Bonchev–Trinajstić information content (AvgIpc) is 3.73. The monoisotopic (exact) mass is 893 g/mol. The molecule has 6 nitrogen and oxygen atoms in total. The van der Waals surface area contributed by atoms with Gasteiger partial charge in [-0.1, -0.05) is 170 Å². The molecular weight excluding hydrogens is 855 g/mol. The van der Waals surface area contributed by atoms with Crippen LogP contribution in [0.3, 0.4) is 0 Å². The van der Waals surface area contributed by atoms with E-state index >= 15 is 0 Å². The molecule has 70 heavy (non-hydrogen) atoms. The third-order valence-corrected chi connectivity index (χ3v) is 15.2. The Morgan fingerprint density at radius 3 is 1.44 bits per heavy atom. The average molecular weight is 894 g/mol. The Kier molecular flexibility index (Phi) is 8.30. The van der Waals surface area contributed by atoms with Crippen molar-refractivity contribution >= 4 is 0 Å². The van der Waals surface area contributed by atoms with Gasteiger partial charge in [0.2, 0.25) is 0 Å². The van der Waals surface area contributed by atoms with Crippen LogP contribution in [0.1, 0.15) is 67.5 Å². The van der Waals surface area contributed by atoms with Crippen LogP contribution in [0.5, 0.6) is 11.5 Å². The zero-order valence-corrected chi connectivity index (χ0v) is 37.7. The number of hydrogen-bond donors (Lipinski definition) is 0. The van der Waals surface area contributed by atoms with Gasteiger partial charge in [-0.05, 0) is 115 Å². The molecule has 2 unspecified atom stereocenters. The lowest BCUT2D eigenvalue weighted by Crippen LogP contribution is -2.32. The first-order valence-electron chi connectivity index (χ1n) is 23.9. The van der Waals surface area contributed by atoms with Crippen molar-refractivity contribution in [2.45, 2.75) is 17.3 Å². The molecule has 0 saturated heterocycles. The van der Waals surface area contributed by atoms with Gasteiger partial charge in [0.05, 0.1) is 17.8 Å². The second kappa shape index (κ2) is 14.9. The molecule has 5 aliphatic rings. The van der Waals surface area contributed by atoms with Gasteiger partial charge in [-0.25, -0.2) is 15.0 Å². The first-order chi connectivity index (χ1) is 34.7. The van der Waals surface area contributed by atoms with E-state index < -0.39 is 5.41 Å². The van der Waals surface area contributed by atoms with Crippen LogP contribution in [-0.2, 0) is 5.41 Å². The maximum absolute atomic E-state index is 6.76. The van der Waals surface area contributed by atoms with Gasteiger partial charge in [-0.2, -0.15) is 10.2 Å². The van der Waals surface area contributed by atoms with Crippen molar-refractivity contribution in [2.75, 3.05) is 0 Å². The Balaban J connectivity index is 0.829. The van der Waals surface area contributed by atoms with Crippen molar-refractivity contribution in [1.82, 2.24) is 25.1 Å². The Labute approximate surface area is 404 Å². The standard InChI is InChI=1S/C64H39N5O/c1-2-12-39(13-3-1)61-67-62(69-63(68-61)43-28-31-58-56(36-43)64(55-20-10-11-21-57(55)70-58)53-18-8-6-14-45(53)46-15-7-9-19-54(46)64)40-24-22-38(23-25-40)41-26-29-49-51(34-41)59-47-16-4-5-17-48(47)60(49)52-35-42(27-30-50(52)59)44-32-33-65-66-37-44/h1-37,59-60H. The number of ether oxygens (including phenoxy) is 1. The van der Waals surface area contributed by atoms with E-state index in [9.17, 15) is 0 Å². The third kappa shape index (κ3) is 5.59. The zero-order chi connectivity index (χ0) is 45.9. The summed E-state index contributed by atoms with van der Waals surface area (Å²) < 4.78 is 6.76. The normalized spacial score (nSPS) is 15.7. The highest BCUT2D eigenvalue weighted by Crippen LogP contribution is 2.62. The molecular formula is C64H39N5O. The molecule has 0 N–H and O–H groups in total. The molecule has 16 rings (SSSR count). The van der Waals surface area contributed by atoms with Crippen LogP contribution >= 0.6 is 0 Å². The van der Waals surface area contributed by atoms with Crippen molar-refractivity contribution in [3.63, 3.8) is 0 Å². The quantitative estimate of drug-likeness (QED) is 0.171. The minimum atomic E-state index is -0.605. The zero-order valence-electron chi connectivity index (χ0n) is 37.7. The van der Waals surface area contributed by atoms with Gasteiger partial charge in [0, 0.05) is 45.2 Å². The van der Waals surface area contributed by atoms with E-state index in [4.69, 9.17) is 19.7 Å². The molecule has 1 aliphatic heterocycles. The van der Waals surface area contributed by atoms with E-state index in [1.165, 1.54) is 61.2 Å². The predicted molar refractivity (Wildman–Crippen MR) is 275 cm³/mol. The number of aromatic nitrogens is 5. The second-order valence-corrected chi connectivity index (χ2v) is 18.7. The molecule has 326 valence electrons. The summed E-state index contributed by atoms with van der Waals surface area (Å²) in [6, 6.07) is 76.4. The van der Waals surface area contributed by atoms with Crippen LogP contribution in [0.15, 0.2) is 225 Å². The lowest BCUT2D eigenvalue weighted by molar-refractivity contribution is 0.436. The van der Waals surface area contributed by atoms with Crippen molar-refractivity contribution in [3.8, 4) is 79.0 Å². The van der Waals surface area contributed by atoms with Gasteiger partial charge in [-0.3, -0.25) is 0 Å². The Hall–Kier alpha value is -9.13. The van der Waals surface area contributed by atoms with E-state index in [2.05, 4.69) is 198 Å². The first kappa shape index (κ1) is 38.9. The minimum absolute atomic E-state index is 0.146. The van der Waals surface area contributed by atoms with E-state index in [0.717, 1.165) is 56.0 Å². The van der Waals surface area contributed by atoms with E-state index in [-0.39, 0.29) is 11.8 Å². The SMILES string of the molecule is c1ccc(-c2nc(-c3ccc(-c4ccc5c(c4)C4c6ccccc6C5c5cc(-c6ccnnc6)ccc54)cc3)nc(-c3ccc4c(c3)C3(c5ccccc5O4)c4ccccc4-c4ccccc43)n2)cc1. The number of nitrogens with zero attached hydrogens (tertiary/aromatic N) is 5. The van der Waals surface area contributed by atoms with Gasteiger partial charge in [0.25, 0.3) is 0 Å².